The normalized spacial score (nSPS) is 18.1. The minimum absolute atomic E-state index is 0.0700. The summed E-state index contributed by atoms with van der Waals surface area (Å²) in [5.41, 5.74) is 1.16. The van der Waals surface area contributed by atoms with E-state index in [0.29, 0.717) is 5.39 Å². The molecule has 1 unspecified atom stereocenters. The molecule has 1 N–H and O–H groups in total. The number of ether oxygens (including phenoxy) is 1. The molecule has 4 nitrogen and oxygen atoms in total. The minimum atomic E-state index is -0.0700. The molecule has 1 saturated heterocycles. The Morgan fingerprint density at radius 3 is 3.00 bits per heavy atom. The molecule has 0 bridgehead atoms. The van der Waals surface area contributed by atoms with Crippen LogP contribution >= 0.6 is 11.6 Å². The summed E-state index contributed by atoms with van der Waals surface area (Å²) in [6.07, 6.45) is 3.97. The highest BCUT2D eigenvalue weighted by Gasteiger charge is 2.21. The maximum atomic E-state index is 11.8. The lowest BCUT2D eigenvalue weighted by Crippen LogP contribution is -2.40. The van der Waals surface area contributed by atoms with Gasteiger partial charge in [0.2, 0.25) is 0 Å². The molecule has 3 aromatic rings. The predicted molar refractivity (Wildman–Crippen MR) is 105 cm³/mol. The molecule has 0 radical (unpaired) electrons. The van der Waals surface area contributed by atoms with Gasteiger partial charge in [-0.1, -0.05) is 23.7 Å². The van der Waals surface area contributed by atoms with E-state index in [1.165, 1.54) is 5.56 Å². The SMILES string of the molecule is O=c1[nH]ccc2cc(OC3CCCN(Cc4cccc(Cl)c4)C3)ccc12. The molecular formula is C21H21ClN2O2. The highest BCUT2D eigenvalue weighted by Crippen LogP contribution is 2.23. The average molecular weight is 369 g/mol. The lowest BCUT2D eigenvalue weighted by molar-refractivity contribution is 0.0844. The monoisotopic (exact) mass is 368 g/mol. The van der Waals surface area contributed by atoms with Gasteiger partial charge in [0.05, 0.1) is 0 Å². The van der Waals surface area contributed by atoms with Crippen molar-refractivity contribution in [2.75, 3.05) is 13.1 Å². The number of nitrogens with zero attached hydrogens (tertiary/aromatic N) is 1. The topological polar surface area (TPSA) is 45.3 Å². The summed E-state index contributed by atoms with van der Waals surface area (Å²) >= 11 is 6.09. The molecular weight excluding hydrogens is 348 g/mol. The van der Waals surface area contributed by atoms with Crippen LogP contribution in [-0.2, 0) is 6.54 Å². The Hall–Kier alpha value is -2.30. The van der Waals surface area contributed by atoms with E-state index in [-0.39, 0.29) is 11.7 Å². The smallest absolute Gasteiger partial charge is 0.255 e. The minimum Gasteiger partial charge on any atom is -0.489 e. The predicted octanol–water partition coefficient (Wildman–Crippen LogP) is 4.22. The molecule has 4 rings (SSSR count). The number of hydrogen-bond acceptors (Lipinski definition) is 3. The zero-order chi connectivity index (χ0) is 17.9. The molecule has 134 valence electrons. The molecule has 1 aromatic heterocycles. The summed E-state index contributed by atoms with van der Waals surface area (Å²) in [6.45, 7) is 2.84. The van der Waals surface area contributed by atoms with Crippen molar-refractivity contribution < 1.29 is 4.74 Å². The van der Waals surface area contributed by atoms with Crippen LogP contribution in [0.3, 0.4) is 0 Å². The van der Waals surface area contributed by atoms with Gasteiger partial charge in [-0.05, 0) is 66.7 Å². The van der Waals surface area contributed by atoms with Crippen molar-refractivity contribution >= 4 is 22.4 Å². The number of aromatic nitrogens is 1. The van der Waals surface area contributed by atoms with Crippen LogP contribution in [0.2, 0.25) is 5.02 Å². The Morgan fingerprint density at radius 2 is 2.12 bits per heavy atom. The standard InChI is InChI=1S/C21H21ClN2O2/c22-17-4-1-3-15(11-17)13-24-10-2-5-19(14-24)26-18-6-7-20-16(12-18)8-9-23-21(20)25/h1,3-4,6-9,11-12,19H,2,5,10,13-14H2,(H,23,25). The Bertz CT molecular complexity index is 969. The molecule has 1 atom stereocenters. The fourth-order valence-electron chi connectivity index (χ4n) is 3.58. The lowest BCUT2D eigenvalue weighted by atomic mass is 10.1. The molecule has 2 heterocycles. The van der Waals surface area contributed by atoms with Gasteiger partial charge in [0.1, 0.15) is 11.9 Å². The second-order valence-corrected chi connectivity index (χ2v) is 7.24. The maximum absolute atomic E-state index is 11.8. The van der Waals surface area contributed by atoms with Gasteiger partial charge < -0.3 is 9.72 Å². The number of benzene rings is 2. The molecule has 1 aliphatic rings. The Morgan fingerprint density at radius 1 is 1.19 bits per heavy atom. The molecule has 1 fully saturated rings. The van der Waals surface area contributed by atoms with Crippen LogP contribution in [0, 0.1) is 0 Å². The van der Waals surface area contributed by atoms with Gasteiger partial charge in [-0.3, -0.25) is 9.69 Å². The van der Waals surface area contributed by atoms with Crippen LogP contribution in [0.1, 0.15) is 18.4 Å². The number of hydrogen-bond donors (Lipinski definition) is 1. The van der Waals surface area contributed by atoms with Gasteiger partial charge in [0.25, 0.3) is 5.56 Å². The Kier molecular flexibility index (Phi) is 4.96. The van der Waals surface area contributed by atoms with Gasteiger partial charge in [-0.15, -0.1) is 0 Å². The van der Waals surface area contributed by atoms with Crippen LogP contribution in [0.5, 0.6) is 5.75 Å². The third-order valence-electron chi connectivity index (χ3n) is 4.81. The van der Waals surface area contributed by atoms with Crippen molar-refractivity contribution in [1.82, 2.24) is 9.88 Å². The summed E-state index contributed by atoms with van der Waals surface area (Å²) in [5.74, 6) is 0.817. The molecule has 2 aromatic carbocycles. The van der Waals surface area contributed by atoms with E-state index in [1.54, 1.807) is 6.20 Å². The second-order valence-electron chi connectivity index (χ2n) is 6.80. The van der Waals surface area contributed by atoms with Crippen molar-refractivity contribution in [2.45, 2.75) is 25.5 Å². The molecule has 0 saturated carbocycles. The number of aromatic amines is 1. The van der Waals surface area contributed by atoms with Crippen molar-refractivity contribution in [3.05, 3.63) is 75.7 Å². The number of halogens is 1. The summed E-state index contributed by atoms with van der Waals surface area (Å²) in [6, 6.07) is 15.6. The van der Waals surface area contributed by atoms with E-state index in [1.807, 2.05) is 42.5 Å². The van der Waals surface area contributed by atoms with E-state index in [0.717, 1.165) is 48.6 Å². The van der Waals surface area contributed by atoms with Gasteiger partial charge >= 0.3 is 0 Å². The number of nitrogens with one attached hydrogen (secondary N) is 1. The van der Waals surface area contributed by atoms with E-state index in [4.69, 9.17) is 16.3 Å². The molecule has 26 heavy (non-hydrogen) atoms. The summed E-state index contributed by atoms with van der Waals surface area (Å²) in [5, 5.41) is 2.36. The van der Waals surface area contributed by atoms with Gasteiger partial charge in [-0.25, -0.2) is 0 Å². The zero-order valence-corrected chi connectivity index (χ0v) is 15.2. The first-order valence-electron chi connectivity index (χ1n) is 8.92. The van der Waals surface area contributed by atoms with Crippen molar-refractivity contribution in [1.29, 1.82) is 0 Å². The molecule has 0 spiro atoms. The number of fused-ring (bicyclic) bond motifs is 1. The first-order valence-corrected chi connectivity index (χ1v) is 9.30. The highest BCUT2D eigenvalue weighted by molar-refractivity contribution is 6.30. The van der Waals surface area contributed by atoms with Gasteiger partial charge in [0, 0.05) is 29.7 Å². The number of H-pyrrole nitrogens is 1. The summed E-state index contributed by atoms with van der Waals surface area (Å²) in [4.78, 5) is 16.9. The fraction of sp³-hybridized carbons (Fsp3) is 0.286. The first-order chi connectivity index (χ1) is 12.7. The fourth-order valence-corrected chi connectivity index (χ4v) is 3.80. The third kappa shape index (κ3) is 3.92. The van der Waals surface area contributed by atoms with E-state index >= 15 is 0 Å². The Labute approximate surface area is 157 Å². The lowest BCUT2D eigenvalue weighted by Gasteiger charge is -2.33. The third-order valence-corrected chi connectivity index (χ3v) is 5.04. The number of rotatable bonds is 4. The van der Waals surface area contributed by atoms with Crippen LogP contribution < -0.4 is 10.3 Å². The molecule has 0 aliphatic carbocycles. The maximum Gasteiger partial charge on any atom is 0.255 e. The zero-order valence-electron chi connectivity index (χ0n) is 14.5. The van der Waals surface area contributed by atoms with Crippen molar-refractivity contribution in [3.63, 3.8) is 0 Å². The summed E-state index contributed by atoms with van der Waals surface area (Å²) < 4.78 is 6.21. The molecule has 5 heteroatoms. The largest absolute Gasteiger partial charge is 0.489 e. The van der Waals surface area contributed by atoms with Crippen molar-refractivity contribution in [2.24, 2.45) is 0 Å². The van der Waals surface area contributed by atoms with Gasteiger partial charge in [0.15, 0.2) is 0 Å². The molecule has 0 amide bonds. The van der Waals surface area contributed by atoms with Crippen LogP contribution in [0.4, 0.5) is 0 Å². The number of likely N-dealkylation sites (tertiary alicyclic amines) is 1. The number of piperidine rings is 1. The van der Waals surface area contributed by atoms with Crippen LogP contribution in [0.25, 0.3) is 10.8 Å². The number of pyridine rings is 1. The quantitative estimate of drug-likeness (QED) is 0.749. The van der Waals surface area contributed by atoms with Crippen molar-refractivity contribution in [3.8, 4) is 5.75 Å². The average Bonchev–Trinajstić information content (AvgIpc) is 2.62. The van der Waals surface area contributed by atoms with E-state index < -0.39 is 0 Å². The van der Waals surface area contributed by atoms with E-state index in [9.17, 15) is 4.79 Å². The second kappa shape index (κ2) is 7.52. The Balaban J connectivity index is 1.44. The highest BCUT2D eigenvalue weighted by atomic mass is 35.5. The van der Waals surface area contributed by atoms with Crippen LogP contribution in [0.15, 0.2) is 59.5 Å². The molecule has 1 aliphatic heterocycles. The van der Waals surface area contributed by atoms with Gasteiger partial charge in [-0.2, -0.15) is 0 Å². The first kappa shape index (κ1) is 17.1. The van der Waals surface area contributed by atoms with E-state index in [2.05, 4.69) is 16.0 Å². The summed E-state index contributed by atoms with van der Waals surface area (Å²) in [7, 11) is 0. The van der Waals surface area contributed by atoms with Crippen LogP contribution in [-0.4, -0.2) is 29.1 Å².